The number of nitrogens with one attached hydrogen (secondary N) is 2. The number of rotatable bonds is 5. The summed E-state index contributed by atoms with van der Waals surface area (Å²) in [5.74, 6) is -0.661. The van der Waals surface area contributed by atoms with Gasteiger partial charge in [-0.15, -0.1) is 0 Å². The van der Waals surface area contributed by atoms with Crippen LogP contribution in [0.15, 0.2) is 28.7 Å². The van der Waals surface area contributed by atoms with Crippen molar-refractivity contribution >= 4 is 27.7 Å². The van der Waals surface area contributed by atoms with Gasteiger partial charge in [0.1, 0.15) is 0 Å². The van der Waals surface area contributed by atoms with Crippen LogP contribution in [0.5, 0.6) is 0 Å². The van der Waals surface area contributed by atoms with E-state index in [2.05, 4.69) is 26.6 Å². The molecule has 0 aliphatic carbocycles. The largest absolute Gasteiger partial charge is 0.394 e. The summed E-state index contributed by atoms with van der Waals surface area (Å²) < 4.78 is 0.673. The lowest BCUT2D eigenvalue weighted by Gasteiger charge is -2.11. The van der Waals surface area contributed by atoms with Crippen molar-refractivity contribution in [2.45, 2.75) is 13.0 Å². The highest BCUT2D eigenvalue weighted by Crippen LogP contribution is 2.15. The summed E-state index contributed by atoms with van der Waals surface area (Å²) in [6.45, 7) is 1.42. The van der Waals surface area contributed by atoms with Crippen molar-refractivity contribution in [3.05, 3.63) is 34.3 Å². The van der Waals surface area contributed by atoms with Gasteiger partial charge in [-0.25, -0.2) is 0 Å². The van der Waals surface area contributed by atoms with Crippen LogP contribution in [0.25, 0.3) is 0 Å². The first kappa shape index (κ1) is 14.7. The van der Waals surface area contributed by atoms with Crippen molar-refractivity contribution in [3.8, 4) is 0 Å². The first-order valence-electron chi connectivity index (χ1n) is 5.47. The van der Waals surface area contributed by atoms with Gasteiger partial charge in [-0.1, -0.05) is 12.1 Å². The molecule has 0 fully saturated rings. The molecule has 98 valence electrons. The molecule has 18 heavy (non-hydrogen) atoms. The van der Waals surface area contributed by atoms with Crippen molar-refractivity contribution in [2.75, 3.05) is 13.2 Å². The Kier molecular flexibility index (Phi) is 5.80. The Hall–Kier alpha value is -1.40. The zero-order valence-electron chi connectivity index (χ0n) is 9.94. The number of hydrogen-bond acceptors (Lipinski definition) is 3. The van der Waals surface area contributed by atoms with Gasteiger partial charge in [-0.2, -0.15) is 0 Å². The predicted molar refractivity (Wildman–Crippen MR) is 71.2 cm³/mol. The number of aliphatic hydroxyl groups is 1. The van der Waals surface area contributed by atoms with Gasteiger partial charge in [0.15, 0.2) is 0 Å². The van der Waals surface area contributed by atoms with Crippen LogP contribution in [0.1, 0.15) is 17.3 Å². The number of halogens is 1. The fraction of sp³-hybridized carbons (Fsp3) is 0.333. The van der Waals surface area contributed by atoms with E-state index in [-0.39, 0.29) is 31.0 Å². The van der Waals surface area contributed by atoms with E-state index in [0.29, 0.717) is 10.0 Å². The van der Waals surface area contributed by atoms with Gasteiger partial charge in [-0.3, -0.25) is 9.59 Å². The van der Waals surface area contributed by atoms with E-state index in [4.69, 9.17) is 5.11 Å². The molecule has 1 atom stereocenters. The van der Waals surface area contributed by atoms with E-state index in [1.54, 1.807) is 31.2 Å². The second-order valence-electron chi connectivity index (χ2n) is 3.81. The van der Waals surface area contributed by atoms with Crippen LogP contribution in [0.3, 0.4) is 0 Å². The maximum atomic E-state index is 11.8. The van der Waals surface area contributed by atoms with Gasteiger partial charge >= 0.3 is 0 Å². The van der Waals surface area contributed by atoms with Gasteiger partial charge < -0.3 is 15.7 Å². The Morgan fingerprint density at radius 2 is 2.06 bits per heavy atom. The molecule has 0 bridgehead atoms. The molecule has 0 heterocycles. The normalized spacial score (nSPS) is 11.7. The van der Waals surface area contributed by atoms with Crippen molar-refractivity contribution < 1.29 is 14.7 Å². The third-order valence-corrected chi connectivity index (χ3v) is 2.90. The van der Waals surface area contributed by atoms with Crippen LogP contribution in [-0.2, 0) is 4.79 Å². The highest BCUT2D eigenvalue weighted by atomic mass is 79.9. The highest BCUT2D eigenvalue weighted by molar-refractivity contribution is 9.10. The van der Waals surface area contributed by atoms with Crippen molar-refractivity contribution in [1.29, 1.82) is 0 Å². The standard InChI is InChI=1S/C12H15BrN2O3/c1-8(7-16)15-11(17)6-14-12(18)9-4-2-3-5-10(9)13/h2-5,8,16H,6-7H2,1H3,(H,14,18)(H,15,17). The first-order chi connectivity index (χ1) is 8.54. The van der Waals surface area contributed by atoms with Crippen LogP contribution in [0.2, 0.25) is 0 Å². The fourth-order valence-corrected chi connectivity index (χ4v) is 1.74. The maximum absolute atomic E-state index is 11.8. The van der Waals surface area contributed by atoms with E-state index in [1.807, 2.05) is 0 Å². The Morgan fingerprint density at radius 1 is 1.39 bits per heavy atom. The second kappa shape index (κ2) is 7.13. The van der Waals surface area contributed by atoms with E-state index >= 15 is 0 Å². The molecule has 0 saturated carbocycles. The topological polar surface area (TPSA) is 78.4 Å². The van der Waals surface area contributed by atoms with Gasteiger partial charge in [0.2, 0.25) is 5.91 Å². The third-order valence-electron chi connectivity index (χ3n) is 2.21. The minimum absolute atomic E-state index is 0.121. The molecule has 1 rings (SSSR count). The monoisotopic (exact) mass is 314 g/mol. The Balaban J connectivity index is 2.47. The lowest BCUT2D eigenvalue weighted by atomic mass is 10.2. The average molecular weight is 315 g/mol. The number of carbonyl (C=O) groups excluding carboxylic acids is 2. The molecule has 1 aromatic rings. The predicted octanol–water partition coefficient (Wildman–Crippen LogP) is 0.676. The molecule has 0 spiro atoms. The van der Waals surface area contributed by atoms with Crippen LogP contribution in [-0.4, -0.2) is 36.1 Å². The zero-order valence-corrected chi connectivity index (χ0v) is 11.5. The Bertz CT molecular complexity index is 437. The van der Waals surface area contributed by atoms with Gasteiger partial charge in [0, 0.05) is 10.5 Å². The summed E-state index contributed by atoms with van der Waals surface area (Å²) in [5, 5.41) is 13.8. The molecule has 0 aliphatic heterocycles. The third kappa shape index (κ3) is 4.46. The molecule has 1 aromatic carbocycles. The van der Waals surface area contributed by atoms with Gasteiger partial charge in [0.25, 0.3) is 5.91 Å². The molecular weight excluding hydrogens is 300 g/mol. The minimum Gasteiger partial charge on any atom is -0.394 e. The summed E-state index contributed by atoms with van der Waals surface area (Å²) in [6.07, 6.45) is 0. The minimum atomic E-state index is -0.336. The van der Waals surface area contributed by atoms with Crippen molar-refractivity contribution in [2.24, 2.45) is 0 Å². The molecular formula is C12H15BrN2O3. The SMILES string of the molecule is CC(CO)NC(=O)CNC(=O)c1ccccc1Br. The molecule has 6 heteroatoms. The van der Waals surface area contributed by atoms with Gasteiger partial charge in [0.05, 0.1) is 18.7 Å². The molecule has 2 amide bonds. The fourth-order valence-electron chi connectivity index (χ4n) is 1.27. The van der Waals surface area contributed by atoms with E-state index in [1.165, 1.54) is 0 Å². The van der Waals surface area contributed by atoms with Gasteiger partial charge in [-0.05, 0) is 35.0 Å². The summed E-state index contributed by atoms with van der Waals surface area (Å²) in [5.41, 5.74) is 0.473. The van der Waals surface area contributed by atoms with Crippen molar-refractivity contribution in [3.63, 3.8) is 0 Å². The molecule has 0 radical (unpaired) electrons. The molecule has 0 aliphatic rings. The summed E-state index contributed by atoms with van der Waals surface area (Å²) in [7, 11) is 0. The van der Waals surface area contributed by atoms with Crippen LogP contribution < -0.4 is 10.6 Å². The average Bonchev–Trinajstić information content (AvgIpc) is 2.36. The van der Waals surface area contributed by atoms with E-state index in [0.717, 1.165) is 0 Å². The number of amides is 2. The van der Waals surface area contributed by atoms with Crippen LogP contribution in [0.4, 0.5) is 0 Å². The smallest absolute Gasteiger partial charge is 0.252 e. The summed E-state index contributed by atoms with van der Waals surface area (Å²) in [6, 6.07) is 6.64. The molecule has 3 N–H and O–H groups in total. The number of benzene rings is 1. The summed E-state index contributed by atoms with van der Waals surface area (Å²) >= 11 is 3.26. The molecule has 0 saturated heterocycles. The summed E-state index contributed by atoms with van der Waals surface area (Å²) in [4.78, 5) is 23.1. The zero-order chi connectivity index (χ0) is 13.5. The lowest BCUT2D eigenvalue weighted by molar-refractivity contribution is -0.121. The van der Waals surface area contributed by atoms with Crippen LogP contribution in [0, 0.1) is 0 Å². The highest BCUT2D eigenvalue weighted by Gasteiger charge is 2.11. The number of carbonyl (C=O) groups is 2. The molecule has 1 unspecified atom stereocenters. The van der Waals surface area contributed by atoms with Crippen molar-refractivity contribution in [1.82, 2.24) is 10.6 Å². The Labute approximate surface area is 114 Å². The van der Waals surface area contributed by atoms with Crippen LogP contribution >= 0.6 is 15.9 Å². The number of hydrogen-bond donors (Lipinski definition) is 3. The lowest BCUT2D eigenvalue weighted by Crippen LogP contribution is -2.42. The van der Waals surface area contributed by atoms with E-state index < -0.39 is 0 Å². The quantitative estimate of drug-likeness (QED) is 0.747. The van der Waals surface area contributed by atoms with E-state index in [9.17, 15) is 9.59 Å². The number of aliphatic hydroxyl groups excluding tert-OH is 1. The maximum Gasteiger partial charge on any atom is 0.252 e. The Morgan fingerprint density at radius 3 is 2.67 bits per heavy atom. The second-order valence-corrected chi connectivity index (χ2v) is 4.67. The molecule has 5 nitrogen and oxygen atoms in total. The molecule has 0 aromatic heterocycles. The first-order valence-corrected chi connectivity index (χ1v) is 6.27.